The Bertz CT molecular complexity index is 314. The number of primary amides is 1. The average Bonchev–Trinajstić information content (AvgIpc) is 2.16. The van der Waals surface area contributed by atoms with Gasteiger partial charge >= 0.3 is 0 Å². The molecule has 4 N–H and O–H groups in total. The topological polar surface area (TPSA) is 94.9 Å². The highest BCUT2D eigenvalue weighted by atomic mass is 32.2. The molecule has 1 amide bonds. The lowest BCUT2D eigenvalue weighted by Crippen LogP contribution is -2.51. The first-order chi connectivity index (χ1) is 6.52. The second-order valence-electron chi connectivity index (χ2n) is 3.12. The predicted molar refractivity (Wildman–Crippen MR) is 54.5 cm³/mol. The van der Waals surface area contributed by atoms with E-state index in [1.165, 1.54) is 18.1 Å². The number of thioether (sulfide) groups is 1. The first-order valence-electron chi connectivity index (χ1n) is 4.00. The van der Waals surface area contributed by atoms with E-state index in [1.807, 2.05) is 0 Å². The molecular formula is C8H12N4OS. The summed E-state index contributed by atoms with van der Waals surface area (Å²) in [5.41, 5.74) is 9.79. The highest BCUT2D eigenvalue weighted by Gasteiger charge is 2.25. The van der Waals surface area contributed by atoms with Crippen molar-refractivity contribution >= 4 is 17.7 Å². The van der Waals surface area contributed by atoms with Crippen LogP contribution in [0.2, 0.25) is 0 Å². The zero-order valence-electron chi connectivity index (χ0n) is 7.80. The van der Waals surface area contributed by atoms with E-state index in [0.29, 0.717) is 5.75 Å². The summed E-state index contributed by atoms with van der Waals surface area (Å²) in [5.74, 6) is -0.113. The molecule has 0 saturated heterocycles. The lowest BCUT2D eigenvalue weighted by molar-refractivity contribution is -0.121. The SMILES string of the molecule is CC(N)(CSc1ccncn1)C(N)=O. The average molecular weight is 212 g/mol. The Balaban J connectivity index is 2.53. The lowest BCUT2D eigenvalue weighted by atomic mass is 10.1. The fourth-order valence-corrected chi connectivity index (χ4v) is 1.53. The van der Waals surface area contributed by atoms with Crippen LogP contribution in [-0.4, -0.2) is 27.2 Å². The molecule has 5 nitrogen and oxygen atoms in total. The normalized spacial score (nSPS) is 14.7. The van der Waals surface area contributed by atoms with E-state index >= 15 is 0 Å². The molecule has 0 fully saturated rings. The first-order valence-corrected chi connectivity index (χ1v) is 4.98. The summed E-state index contributed by atoms with van der Waals surface area (Å²) < 4.78 is 0. The Hall–Kier alpha value is -1.14. The molecule has 1 aromatic heterocycles. The molecule has 6 heteroatoms. The third-order valence-corrected chi connectivity index (χ3v) is 2.92. The number of hydrogen-bond acceptors (Lipinski definition) is 5. The van der Waals surface area contributed by atoms with E-state index in [-0.39, 0.29) is 0 Å². The third-order valence-electron chi connectivity index (χ3n) is 1.64. The van der Waals surface area contributed by atoms with Crippen LogP contribution in [0.25, 0.3) is 0 Å². The van der Waals surface area contributed by atoms with Crippen LogP contribution in [0.3, 0.4) is 0 Å². The second-order valence-corrected chi connectivity index (χ2v) is 4.11. The zero-order chi connectivity index (χ0) is 10.6. The summed E-state index contributed by atoms with van der Waals surface area (Å²) in [6, 6.07) is 1.75. The van der Waals surface area contributed by atoms with Crippen LogP contribution in [-0.2, 0) is 4.79 Å². The fourth-order valence-electron chi connectivity index (χ4n) is 0.659. The standard InChI is InChI=1S/C8H12N4OS/c1-8(10,7(9)13)4-14-6-2-3-11-5-12-6/h2-3,5H,4,10H2,1H3,(H2,9,13). The Kier molecular flexibility index (Phi) is 3.43. The van der Waals surface area contributed by atoms with E-state index in [0.717, 1.165) is 5.03 Å². The second kappa shape index (κ2) is 4.39. The minimum atomic E-state index is -1.00. The van der Waals surface area contributed by atoms with Gasteiger partial charge in [-0.3, -0.25) is 4.79 Å². The number of aromatic nitrogens is 2. The monoisotopic (exact) mass is 212 g/mol. The highest BCUT2D eigenvalue weighted by molar-refractivity contribution is 7.99. The summed E-state index contributed by atoms with van der Waals surface area (Å²) >= 11 is 1.38. The van der Waals surface area contributed by atoms with E-state index < -0.39 is 11.4 Å². The molecule has 0 saturated carbocycles. The van der Waals surface area contributed by atoms with Gasteiger partial charge in [0.15, 0.2) is 0 Å². The number of carbonyl (C=O) groups is 1. The third kappa shape index (κ3) is 2.97. The van der Waals surface area contributed by atoms with Crippen LogP contribution in [0.4, 0.5) is 0 Å². The van der Waals surface area contributed by atoms with Crippen LogP contribution in [0.1, 0.15) is 6.92 Å². The lowest BCUT2D eigenvalue weighted by Gasteiger charge is -2.18. The molecule has 1 atom stereocenters. The predicted octanol–water partition coefficient (Wildman–Crippen LogP) is -0.229. The van der Waals surface area contributed by atoms with Crippen LogP contribution < -0.4 is 11.5 Å². The molecule has 0 aliphatic carbocycles. The van der Waals surface area contributed by atoms with Gasteiger partial charge < -0.3 is 11.5 Å². The molecule has 1 unspecified atom stereocenters. The Morgan fingerprint density at radius 1 is 1.71 bits per heavy atom. The molecule has 76 valence electrons. The summed E-state index contributed by atoms with van der Waals surface area (Å²) in [6.07, 6.45) is 3.08. The van der Waals surface area contributed by atoms with Crippen molar-refractivity contribution < 1.29 is 4.79 Å². The molecule has 0 aliphatic rings. The smallest absolute Gasteiger partial charge is 0.238 e. The van der Waals surface area contributed by atoms with Crippen molar-refractivity contribution in [1.29, 1.82) is 0 Å². The number of hydrogen-bond donors (Lipinski definition) is 2. The summed E-state index contributed by atoms with van der Waals surface area (Å²) in [4.78, 5) is 18.7. The molecule has 1 rings (SSSR count). The van der Waals surface area contributed by atoms with Crippen molar-refractivity contribution in [2.24, 2.45) is 11.5 Å². The number of nitrogens with two attached hydrogens (primary N) is 2. The van der Waals surface area contributed by atoms with Gasteiger partial charge in [0.25, 0.3) is 0 Å². The Morgan fingerprint density at radius 2 is 2.43 bits per heavy atom. The number of carbonyl (C=O) groups excluding carboxylic acids is 1. The van der Waals surface area contributed by atoms with Gasteiger partial charge in [0.05, 0.1) is 5.03 Å². The Morgan fingerprint density at radius 3 is 2.93 bits per heavy atom. The highest BCUT2D eigenvalue weighted by Crippen LogP contribution is 2.18. The van der Waals surface area contributed by atoms with Gasteiger partial charge in [-0.05, 0) is 13.0 Å². The van der Waals surface area contributed by atoms with Crippen molar-refractivity contribution in [3.63, 3.8) is 0 Å². The maximum Gasteiger partial charge on any atom is 0.238 e. The maximum absolute atomic E-state index is 10.9. The zero-order valence-corrected chi connectivity index (χ0v) is 8.62. The number of nitrogens with zero attached hydrogens (tertiary/aromatic N) is 2. The quantitative estimate of drug-likeness (QED) is 0.531. The van der Waals surface area contributed by atoms with Crippen LogP contribution >= 0.6 is 11.8 Å². The van der Waals surface area contributed by atoms with Crippen molar-refractivity contribution in [3.8, 4) is 0 Å². The van der Waals surface area contributed by atoms with Gasteiger partial charge in [-0.1, -0.05) is 0 Å². The number of rotatable bonds is 4. The van der Waals surface area contributed by atoms with E-state index in [1.54, 1.807) is 19.2 Å². The number of amides is 1. The van der Waals surface area contributed by atoms with E-state index in [4.69, 9.17) is 11.5 Å². The molecule has 0 spiro atoms. The first kappa shape index (κ1) is 10.9. The summed E-state index contributed by atoms with van der Waals surface area (Å²) in [7, 11) is 0. The molecular weight excluding hydrogens is 200 g/mol. The van der Waals surface area contributed by atoms with Gasteiger partial charge in [0, 0.05) is 11.9 Å². The molecule has 0 aromatic carbocycles. The van der Waals surface area contributed by atoms with Crippen LogP contribution in [0.15, 0.2) is 23.6 Å². The molecule has 1 aromatic rings. The van der Waals surface area contributed by atoms with Crippen LogP contribution in [0.5, 0.6) is 0 Å². The van der Waals surface area contributed by atoms with Crippen molar-refractivity contribution in [2.45, 2.75) is 17.5 Å². The van der Waals surface area contributed by atoms with Crippen LogP contribution in [0, 0.1) is 0 Å². The molecule has 14 heavy (non-hydrogen) atoms. The molecule has 0 aliphatic heterocycles. The fraction of sp³-hybridized carbons (Fsp3) is 0.375. The minimum Gasteiger partial charge on any atom is -0.368 e. The van der Waals surface area contributed by atoms with Gasteiger partial charge in [-0.25, -0.2) is 9.97 Å². The van der Waals surface area contributed by atoms with Gasteiger partial charge in [-0.15, -0.1) is 11.8 Å². The van der Waals surface area contributed by atoms with Gasteiger partial charge in [0.1, 0.15) is 11.9 Å². The van der Waals surface area contributed by atoms with Crippen molar-refractivity contribution in [2.75, 3.05) is 5.75 Å². The van der Waals surface area contributed by atoms with E-state index in [9.17, 15) is 4.79 Å². The Labute approximate surface area is 86.3 Å². The maximum atomic E-state index is 10.9. The minimum absolute atomic E-state index is 0.402. The largest absolute Gasteiger partial charge is 0.368 e. The summed E-state index contributed by atoms with van der Waals surface area (Å²) in [6.45, 7) is 1.60. The van der Waals surface area contributed by atoms with E-state index in [2.05, 4.69) is 9.97 Å². The van der Waals surface area contributed by atoms with Crippen molar-refractivity contribution in [1.82, 2.24) is 9.97 Å². The molecule has 0 radical (unpaired) electrons. The van der Waals surface area contributed by atoms with Gasteiger partial charge in [-0.2, -0.15) is 0 Å². The molecule has 0 bridgehead atoms. The molecule has 1 heterocycles. The summed E-state index contributed by atoms with van der Waals surface area (Å²) in [5, 5.41) is 0.776. The van der Waals surface area contributed by atoms with Crippen molar-refractivity contribution in [3.05, 3.63) is 18.6 Å². The van der Waals surface area contributed by atoms with Gasteiger partial charge in [0.2, 0.25) is 5.91 Å².